The third kappa shape index (κ3) is 4.70. The van der Waals surface area contributed by atoms with E-state index in [-0.39, 0.29) is 0 Å². The Kier molecular flexibility index (Phi) is 5.72. The number of aryl methyl sites for hydroxylation is 1. The number of anilines is 3. The Morgan fingerprint density at radius 3 is 2.64 bits per heavy atom. The molecule has 0 bridgehead atoms. The minimum Gasteiger partial charge on any atom is -0.370 e. The molecule has 0 aliphatic carbocycles. The van der Waals surface area contributed by atoms with Crippen molar-refractivity contribution in [3.05, 3.63) is 41.7 Å². The molecule has 1 aromatic heterocycles. The highest BCUT2D eigenvalue weighted by atomic mass is 15.1. The van der Waals surface area contributed by atoms with Crippen LogP contribution in [0.2, 0.25) is 0 Å². The van der Waals surface area contributed by atoms with Gasteiger partial charge in [-0.25, -0.2) is 9.97 Å². The fraction of sp³-hybridized carbons (Fsp3) is 0.412. The van der Waals surface area contributed by atoms with Crippen LogP contribution in [0.1, 0.15) is 17.5 Å². The molecule has 1 aromatic carbocycles. The Morgan fingerprint density at radius 1 is 1.09 bits per heavy atom. The molecule has 1 heterocycles. The molecule has 0 amide bonds. The highest BCUT2D eigenvalue weighted by Gasteiger charge is 2.03. The van der Waals surface area contributed by atoms with Gasteiger partial charge >= 0.3 is 0 Å². The van der Waals surface area contributed by atoms with E-state index in [1.54, 1.807) is 6.33 Å². The molecule has 22 heavy (non-hydrogen) atoms. The second kappa shape index (κ2) is 7.75. The van der Waals surface area contributed by atoms with Gasteiger partial charge in [-0.05, 0) is 58.1 Å². The minimum atomic E-state index is 0.804. The van der Waals surface area contributed by atoms with Crippen molar-refractivity contribution in [3.8, 4) is 0 Å². The topological polar surface area (TPSA) is 53.1 Å². The predicted molar refractivity (Wildman–Crippen MR) is 92.9 cm³/mol. The summed E-state index contributed by atoms with van der Waals surface area (Å²) >= 11 is 0. The van der Waals surface area contributed by atoms with E-state index in [1.807, 2.05) is 12.1 Å². The molecule has 0 saturated carbocycles. The van der Waals surface area contributed by atoms with Gasteiger partial charge in [0.05, 0.1) is 0 Å². The van der Waals surface area contributed by atoms with E-state index >= 15 is 0 Å². The van der Waals surface area contributed by atoms with Crippen molar-refractivity contribution < 1.29 is 0 Å². The second-order valence-corrected chi connectivity index (χ2v) is 5.74. The average Bonchev–Trinajstić information content (AvgIpc) is 2.49. The Morgan fingerprint density at radius 2 is 1.86 bits per heavy atom. The monoisotopic (exact) mass is 299 g/mol. The number of nitrogens with one attached hydrogen (secondary N) is 2. The van der Waals surface area contributed by atoms with Gasteiger partial charge in [0.2, 0.25) is 0 Å². The molecule has 5 heteroatoms. The summed E-state index contributed by atoms with van der Waals surface area (Å²) in [7, 11) is 4.16. The lowest BCUT2D eigenvalue weighted by Gasteiger charge is -2.12. The van der Waals surface area contributed by atoms with Crippen molar-refractivity contribution in [1.82, 2.24) is 14.9 Å². The van der Waals surface area contributed by atoms with Crippen LogP contribution in [-0.2, 0) is 0 Å². The van der Waals surface area contributed by atoms with E-state index in [1.165, 1.54) is 11.1 Å². The van der Waals surface area contributed by atoms with Crippen molar-refractivity contribution in [2.75, 3.05) is 37.8 Å². The van der Waals surface area contributed by atoms with Gasteiger partial charge in [-0.2, -0.15) is 0 Å². The lowest BCUT2D eigenvalue weighted by Crippen LogP contribution is -2.16. The summed E-state index contributed by atoms with van der Waals surface area (Å²) in [5.41, 5.74) is 3.58. The minimum absolute atomic E-state index is 0.804. The SMILES string of the molecule is Cc1cccc(Nc2cc(NCCCN(C)C)ncn2)c1C. The van der Waals surface area contributed by atoms with E-state index in [9.17, 15) is 0 Å². The normalized spacial score (nSPS) is 10.8. The van der Waals surface area contributed by atoms with Crippen molar-refractivity contribution in [3.63, 3.8) is 0 Å². The predicted octanol–water partition coefficient (Wildman–Crippen LogP) is 3.20. The highest BCUT2D eigenvalue weighted by molar-refractivity contribution is 5.63. The van der Waals surface area contributed by atoms with Crippen LogP contribution < -0.4 is 10.6 Å². The number of aromatic nitrogens is 2. The number of nitrogens with zero attached hydrogens (tertiary/aromatic N) is 3. The van der Waals surface area contributed by atoms with Crippen LogP contribution in [-0.4, -0.2) is 42.1 Å². The number of benzene rings is 1. The summed E-state index contributed by atoms with van der Waals surface area (Å²) in [5.74, 6) is 1.65. The first-order chi connectivity index (χ1) is 10.6. The molecule has 0 unspecified atom stereocenters. The summed E-state index contributed by atoms with van der Waals surface area (Å²) in [6.07, 6.45) is 2.67. The zero-order chi connectivity index (χ0) is 15.9. The van der Waals surface area contributed by atoms with Crippen LogP contribution in [0, 0.1) is 13.8 Å². The largest absolute Gasteiger partial charge is 0.370 e. The van der Waals surface area contributed by atoms with E-state index in [0.29, 0.717) is 0 Å². The average molecular weight is 299 g/mol. The van der Waals surface area contributed by atoms with E-state index in [4.69, 9.17) is 0 Å². The molecule has 0 radical (unpaired) electrons. The summed E-state index contributed by atoms with van der Waals surface area (Å²) in [5, 5.41) is 6.70. The highest BCUT2D eigenvalue weighted by Crippen LogP contribution is 2.22. The van der Waals surface area contributed by atoms with Gasteiger partial charge < -0.3 is 15.5 Å². The van der Waals surface area contributed by atoms with Gasteiger partial charge in [-0.15, -0.1) is 0 Å². The van der Waals surface area contributed by atoms with Gasteiger partial charge in [0.15, 0.2) is 0 Å². The maximum atomic E-state index is 4.29. The quantitative estimate of drug-likeness (QED) is 0.769. The molecular formula is C17H25N5. The molecule has 0 saturated heterocycles. The Labute approximate surface area is 132 Å². The molecule has 0 spiro atoms. The van der Waals surface area contributed by atoms with Gasteiger partial charge in [0.25, 0.3) is 0 Å². The van der Waals surface area contributed by atoms with Crippen molar-refractivity contribution >= 4 is 17.3 Å². The van der Waals surface area contributed by atoms with Crippen LogP contribution >= 0.6 is 0 Å². The molecule has 2 N–H and O–H groups in total. The van der Waals surface area contributed by atoms with Crippen LogP contribution in [0.25, 0.3) is 0 Å². The summed E-state index contributed by atoms with van der Waals surface area (Å²) in [6.45, 7) is 6.18. The molecule has 2 rings (SSSR count). The first-order valence-corrected chi connectivity index (χ1v) is 7.60. The fourth-order valence-corrected chi connectivity index (χ4v) is 2.16. The number of hydrogen-bond donors (Lipinski definition) is 2. The Bertz CT molecular complexity index is 610. The van der Waals surface area contributed by atoms with E-state index < -0.39 is 0 Å². The third-order valence-corrected chi connectivity index (χ3v) is 3.62. The zero-order valence-electron chi connectivity index (χ0n) is 13.8. The van der Waals surface area contributed by atoms with Crippen molar-refractivity contribution in [1.29, 1.82) is 0 Å². The molecule has 0 aliphatic rings. The van der Waals surface area contributed by atoms with Gasteiger partial charge in [0, 0.05) is 18.3 Å². The standard InChI is InChI=1S/C17H25N5/c1-13-7-5-8-15(14(13)2)21-17-11-16(19-12-20-17)18-9-6-10-22(3)4/h5,7-8,11-12H,6,9-10H2,1-4H3,(H2,18,19,20,21). The number of rotatable bonds is 7. The van der Waals surface area contributed by atoms with Crippen molar-refractivity contribution in [2.45, 2.75) is 20.3 Å². The first-order valence-electron chi connectivity index (χ1n) is 7.60. The molecule has 5 nitrogen and oxygen atoms in total. The summed E-state index contributed by atoms with van der Waals surface area (Å²) < 4.78 is 0. The second-order valence-electron chi connectivity index (χ2n) is 5.74. The molecule has 2 aromatic rings. The van der Waals surface area contributed by atoms with Crippen LogP contribution in [0.4, 0.5) is 17.3 Å². The van der Waals surface area contributed by atoms with E-state index in [0.717, 1.165) is 36.8 Å². The van der Waals surface area contributed by atoms with Gasteiger partial charge in [-0.3, -0.25) is 0 Å². The molecule has 0 fully saturated rings. The summed E-state index contributed by atoms with van der Waals surface area (Å²) in [6, 6.07) is 8.16. The fourth-order valence-electron chi connectivity index (χ4n) is 2.16. The molecular weight excluding hydrogens is 274 g/mol. The molecule has 0 aliphatic heterocycles. The Hall–Kier alpha value is -2.14. The van der Waals surface area contributed by atoms with Crippen LogP contribution in [0.15, 0.2) is 30.6 Å². The smallest absolute Gasteiger partial charge is 0.135 e. The maximum absolute atomic E-state index is 4.29. The molecule has 0 atom stereocenters. The lowest BCUT2D eigenvalue weighted by molar-refractivity contribution is 0.405. The van der Waals surface area contributed by atoms with E-state index in [2.05, 4.69) is 65.6 Å². The Balaban J connectivity index is 1.98. The van der Waals surface area contributed by atoms with Gasteiger partial charge in [-0.1, -0.05) is 12.1 Å². The van der Waals surface area contributed by atoms with Crippen LogP contribution in [0.3, 0.4) is 0 Å². The maximum Gasteiger partial charge on any atom is 0.135 e. The van der Waals surface area contributed by atoms with Crippen LogP contribution in [0.5, 0.6) is 0 Å². The zero-order valence-corrected chi connectivity index (χ0v) is 13.8. The molecule has 118 valence electrons. The first kappa shape index (κ1) is 16.2. The number of hydrogen-bond acceptors (Lipinski definition) is 5. The summed E-state index contributed by atoms with van der Waals surface area (Å²) in [4.78, 5) is 10.7. The lowest BCUT2D eigenvalue weighted by atomic mass is 10.1. The van der Waals surface area contributed by atoms with Gasteiger partial charge in [0.1, 0.15) is 18.0 Å². The van der Waals surface area contributed by atoms with Crippen molar-refractivity contribution in [2.24, 2.45) is 0 Å². The third-order valence-electron chi connectivity index (χ3n) is 3.62.